The molecule has 4 heterocycles. The van der Waals surface area contributed by atoms with Crippen molar-refractivity contribution < 1.29 is 14.7 Å². The van der Waals surface area contributed by atoms with Crippen molar-refractivity contribution in [3.63, 3.8) is 0 Å². The summed E-state index contributed by atoms with van der Waals surface area (Å²) in [4.78, 5) is 37.9. The van der Waals surface area contributed by atoms with Crippen molar-refractivity contribution in [1.82, 2.24) is 24.2 Å². The molecule has 8 nitrogen and oxygen atoms in total. The molecule has 1 N–H and O–H groups in total. The van der Waals surface area contributed by atoms with Gasteiger partial charge in [0.15, 0.2) is 5.76 Å². The lowest BCUT2D eigenvalue weighted by molar-refractivity contribution is -0.140. The molecular formula is C22H23N5O3. The lowest BCUT2D eigenvalue weighted by Gasteiger charge is -2.26. The number of aromatic nitrogens is 3. The zero-order chi connectivity index (χ0) is 21.4. The van der Waals surface area contributed by atoms with Crippen LogP contribution in [0.15, 0.2) is 54.5 Å². The lowest BCUT2D eigenvalue weighted by atomic mass is 9.97. The Morgan fingerprint density at radius 3 is 2.60 bits per heavy atom. The highest BCUT2D eigenvalue weighted by Crippen LogP contribution is 2.39. The molecule has 8 heteroatoms. The van der Waals surface area contributed by atoms with Crippen LogP contribution in [0.5, 0.6) is 0 Å². The summed E-state index contributed by atoms with van der Waals surface area (Å²) < 4.78 is 1.72. The highest BCUT2D eigenvalue weighted by molar-refractivity contribution is 6.46. The summed E-state index contributed by atoms with van der Waals surface area (Å²) in [5, 5.41) is 11.3. The van der Waals surface area contributed by atoms with Crippen molar-refractivity contribution in [3.05, 3.63) is 71.4 Å². The number of hydrogen-bond donors (Lipinski definition) is 1. The summed E-state index contributed by atoms with van der Waals surface area (Å²) in [7, 11) is 3.81. The van der Waals surface area contributed by atoms with E-state index in [0.29, 0.717) is 30.1 Å². The van der Waals surface area contributed by atoms with E-state index in [1.165, 1.54) is 4.90 Å². The third-order valence-corrected chi connectivity index (χ3v) is 5.28. The first kappa shape index (κ1) is 19.8. The standard InChI is InChI=1S/C22H23N5O3/c1-14-18(26-11-5-4-6-16(26)24-14)20(28)17-19(15-7-9-23-10-8-15)27(13-12-25(2)3)22(30)21(17)29/h4-11,19,28H,12-13H2,1-3H3/b20-17+/t19-/m1/s1. The minimum atomic E-state index is -0.696. The molecule has 0 spiro atoms. The number of ketones is 1. The van der Waals surface area contributed by atoms with Gasteiger partial charge < -0.3 is 14.9 Å². The molecule has 154 valence electrons. The number of likely N-dealkylation sites (tertiary alicyclic amines) is 1. The Kier molecular flexibility index (Phi) is 5.09. The minimum Gasteiger partial charge on any atom is -0.505 e. The zero-order valence-electron chi connectivity index (χ0n) is 17.1. The second-order valence-corrected chi connectivity index (χ2v) is 7.55. The van der Waals surface area contributed by atoms with Gasteiger partial charge in [0, 0.05) is 31.7 Å². The number of amides is 1. The van der Waals surface area contributed by atoms with Crippen molar-refractivity contribution >= 4 is 23.1 Å². The lowest BCUT2D eigenvalue weighted by Crippen LogP contribution is -2.35. The normalized spacial score (nSPS) is 18.7. The predicted molar refractivity (Wildman–Crippen MR) is 112 cm³/mol. The molecule has 1 aliphatic rings. The molecule has 1 saturated heterocycles. The van der Waals surface area contributed by atoms with Crippen LogP contribution in [0.2, 0.25) is 0 Å². The number of Topliss-reactive ketones (excluding diaryl/α,β-unsaturated/α-hetero) is 1. The molecule has 0 bridgehead atoms. The molecule has 1 fully saturated rings. The first-order valence-corrected chi connectivity index (χ1v) is 9.67. The van der Waals surface area contributed by atoms with Crippen molar-refractivity contribution in [2.75, 3.05) is 27.2 Å². The Hall–Kier alpha value is -3.52. The maximum atomic E-state index is 13.1. The Labute approximate surface area is 174 Å². The quantitative estimate of drug-likeness (QED) is 0.397. The number of aliphatic hydroxyl groups excluding tert-OH is 1. The maximum Gasteiger partial charge on any atom is 0.295 e. The topological polar surface area (TPSA) is 91.0 Å². The van der Waals surface area contributed by atoms with Gasteiger partial charge >= 0.3 is 0 Å². The SMILES string of the molecule is Cc1nc2ccccn2c1/C(O)=C1\C(=O)C(=O)N(CCN(C)C)[C@@H]1c1ccncc1. The van der Waals surface area contributed by atoms with Crippen LogP contribution < -0.4 is 0 Å². The van der Waals surface area contributed by atoms with Crippen molar-refractivity contribution in [3.8, 4) is 0 Å². The number of likely N-dealkylation sites (N-methyl/N-ethyl adjacent to an activating group) is 1. The second-order valence-electron chi connectivity index (χ2n) is 7.55. The van der Waals surface area contributed by atoms with E-state index in [4.69, 9.17) is 0 Å². The van der Waals surface area contributed by atoms with Gasteiger partial charge in [0.25, 0.3) is 11.7 Å². The molecule has 0 radical (unpaired) electrons. The van der Waals surface area contributed by atoms with Gasteiger partial charge in [-0.25, -0.2) is 4.98 Å². The smallest absolute Gasteiger partial charge is 0.295 e. The number of fused-ring (bicyclic) bond motifs is 1. The maximum absolute atomic E-state index is 13.1. The van der Waals surface area contributed by atoms with E-state index in [2.05, 4.69) is 9.97 Å². The van der Waals surface area contributed by atoms with E-state index in [-0.39, 0.29) is 11.3 Å². The molecule has 0 saturated carbocycles. The average Bonchev–Trinajstić information content (AvgIpc) is 3.20. The van der Waals surface area contributed by atoms with Crippen LogP contribution in [0.4, 0.5) is 0 Å². The average molecular weight is 405 g/mol. The van der Waals surface area contributed by atoms with Gasteiger partial charge in [-0.3, -0.25) is 19.0 Å². The number of carbonyl (C=O) groups is 2. The summed E-state index contributed by atoms with van der Waals surface area (Å²) in [5.41, 5.74) is 2.43. The van der Waals surface area contributed by atoms with E-state index in [9.17, 15) is 14.7 Å². The molecule has 30 heavy (non-hydrogen) atoms. The highest BCUT2D eigenvalue weighted by atomic mass is 16.3. The molecule has 4 rings (SSSR count). The molecule has 3 aromatic heterocycles. The van der Waals surface area contributed by atoms with Crippen molar-refractivity contribution in [1.29, 1.82) is 0 Å². The molecule has 1 aliphatic heterocycles. The van der Waals surface area contributed by atoms with Gasteiger partial charge in [0.1, 0.15) is 11.3 Å². The van der Waals surface area contributed by atoms with Crippen LogP contribution in [-0.2, 0) is 9.59 Å². The Morgan fingerprint density at radius 1 is 1.17 bits per heavy atom. The third-order valence-electron chi connectivity index (χ3n) is 5.28. The van der Waals surface area contributed by atoms with Gasteiger partial charge in [-0.2, -0.15) is 0 Å². The van der Waals surface area contributed by atoms with Crippen molar-refractivity contribution in [2.24, 2.45) is 0 Å². The molecule has 0 aliphatic carbocycles. The molecule has 1 amide bonds. The Bertz CT molecular complexity index is 1150. The van der Waals surface area contributed by atoms with Crippen LogP contribution in [0, 0.1) is 6.92 Å². The van der Waals surface area contributed by atoms with Gasteiger partial charge in [-0.05, 0) is 50.8 Å². The van der Waals surface area contributed by atoms with E-state index in [1.807, 2.05) is 37.2 Å². The summed E-state index contributed by atoms with van der Waals surface area (Å²) in [6.45, 7) is 2.71. The number of nitrogens with zero attached hydrogens (tertiary/aromatic N) is 5. The number of pyridine rings is 2. The van der Waals surface area contributed by atoms with Crippen LogP contribution in [0.1, 0.15) is 23.0 Å². The van der Waals surface area contributed by atoms with Gasteiger partial charge in [0.05, 0.1) is 17.3 Å². The van der Waals surface area contributed by atoms with Gasteiger partial charge in [-0.15, -0.1) is 0 Å². The van der Waals surface area contributed by atoms with Crippen molar-refractivity contribution in [2.45, 2.75) is 13.0 Å². The first-order chi connectivity index (χ1) is 14.4. The molecule has 0 aromatic carbocycles. The molecular weight excluding hydrogens is 382 g/mol. The molecule has 3 aromatic rings. The fourth-order valence-corrected chi connectivity index (χ4v) is 3.84. The summed E-state index contributed by atoms with van der Waals surface area (Å²) >= 11 is 0. The summed E-state index contributed by atoms with van der Waals surface area (Å²) in [5.74, 6) is -1.54. The summed E-state index contributed by atoms with van der Waals surface area (Å²) in [6.07, 6.45) is 5.00. The number of aliphatic hydroxyl groups is 1. The van der Waals surface area contributed by atoms with Gasteiger partial charge in [0.2, 0.25) is 0 Å². The van der Waals surface area contributed by atoms with Crippen LogP contribution in [0.25, 0.3) is 11.4 Å². The number of aryl methyl sites for hydroxylation is 1. The first-order valence-electron chi connectivity index (χ1n) is 9.67. The number of hydrogen-bond acceptors (Lipinski definition) is 6. The highest BCUT2D eigenvalue weighted by Gasteiger charge is 2.46. The third kappa shape index (κ3) is 3.25. The number of carbonyl (C=O) groups excluding carboxylic acids is 2. The van der Waals surface area contributed by atoms with Crippen LogP contribution >= 0.6 is 0 Å². The van der Waals surface area contributed by atoms with E-state index in [0.717, 1.165) is 5.56 Å². The fraction of sp³-hybridized carbons (Fsp3) is 0.273. The van der Waals surface area contributed by atoms with Gasteiger partial charge in [-0.1, -0.05) is 6.07 Å². The number of imidazole rings is 1. The predicted octanol–water partition coefficient (Wildman–Crippen LogP) is 2.02. The van der Waals surface area contributed by atoms with Crippen LogP contribution in [0.3, 0.4) is 0 Å². The zero-order valence-corrected chi connectivity index (χ0v) is 17.1. The Balaban J connectivity index is 1.92. The van der Waals surface area contributed by atoms with E-state index < -0.39 is 17.7 Å². The summed E-state index contributed by atoms with van der Waals surface area (Å²) in [6, 6.07) is 8.31. The monoisotopic (exact) mass is 405 g/mol. The van der Waals surface area contributed by atoms with Crippen LogP contribution in [-0.4, -0.2) is 68.2 Å². The molecule has 1 atom stereocenters. The Morgan fingerprint density at radius 2 is 1.90 bits per heavy atom. The fourth-order valence-electron chi connectivity index (χ4n) is 3.84. The van der Waals surface area contributed by atoms with E-state index in [1.54, 1.807) is 42.0 Å². The van der Waals surface area contributed by atoms with E-state index >= 15 is 0 Å². The largest absolute Gasteiger partial charge is 0.505 e. The number of rotatable bonds is 5. The molecule has 0 unspecified atom stereocenters. The minimum absolute atomic E-state index is 0.0682. The second kappa shape index (κ2) is 7.72.